The van der Waals surface area contributed by atoms with Gasteiger partial charge in [-0.15, -0.1) is 0 Å². The fourth-order valence-corrected chi connectivity index (χ4v) is 2.64. The van der Waals surface area contributed by atoms with Crippen molar-refractivity contribution < 1.29 is 0 Å². The van der Waals surface area contributed by atoms with E-state index in [1.54, 1.807) is 0 Å². The summed E-state index contributed by atoms with van der Waals surface area (Å²) in [5.74, 6) is 0. The van der Waals surface area contributed by atoms with Crippen molar-refractivity contribution in [2.24, 2.45) is 0 Å². The second-order valence-electron chi connectivity index (χ2n) is 5.68. The molecule has 22 heavy (non-hydrogen) atoms. The van der Waals surface area contributed by atoms with E-state index < -0.39 is 0 Å². The van der Waals surface area contributed by atoms with E-state index in [1.807, 2.05) is 18.2 Å². The lowest BCUT2D eigenvalue weighted by Crippen LogP contribution is -2.23. The van der Waals surface area contributed by atoms with Crippen LogP contribution >= 0.6 is 0 Å². The molecular formula is C20H28N2. The number of nitrogens with one attached hydrogen (secondary N) is 1. The maximum atomic E-state index is 3.43. The lowest BCUT2D eigenvalue weighted by Gasteiger charge is -2.23. The summed E-state index contributed by atoms with van der Waals surface area (Å²) in [6.45, 7) is 6.71. The van der Waals surface area contributed by atoms with E-state index in [0.29, 0.717) is 0 Å². The zero-order chi connectivity index (χ0) is 15.6. The summed E-state index contributed by atoms with van der Waals surface area (Å²) in [6, 6.07) is 19.1. The number of hydrogen-bond acceptors (Lipinski definition) is 2. The summed E-state index contributed by atoms with van der Waals surface area (Å²) >= 11 is 0. The summed E-state index contributed by atoms with van der Waals surface area (Å²) in [4.78, 5) is 2.46. The number of rotatable bonds is 9. The van der Waals surface area contributed by atoms with Gasteiger partial charge >= 0.3 is 0 Å². The molecule has 2 heteroatoms. The van der Waals surface area contributed by atoms with E-state index in [9.17, 15) is 0 Å². The molecule has 0 aromatic heterocycles. The van der Waals surface area contributed by atoms with Gasteiger partial charge in [0.05, 0.1) is 0 Å². The summed E-state index contributed by atoms with van der Waals surface area (Å²) in [7, 11) is 0. The van der Waals surface area contributed by atoms with Crippen molar-refractivity contribution >= 4 is 17.1 Å². The van der Waals surface area contributed by atoms with Gasteiger partial charge in [-0.2, -0.15) is 0 Å². The Hall–Kier alpha value is -1.96. The van der Waals surface area contributed by atoms with E-state index in [-0.39, 0.29) is 0 Å². The zero-order valence-corrected chi connectivity index (χ0v) is 13.9. The van der Waals surface area contributed by atoms with Gasteiger partial charge in [0.2, 0.25) is 0 Å². The molecule has 0 radical (unpaired) electrons. The van der Waals surface area contributed by atoms with Gasteiger partial charge in [-0.05, 0) is 49.7 Å². The molecule has 2 rings (SSSR count). The molecule has 0 unspecified atom stereocenters. The second-order valence-corrected chi connectivity index (χ2v) is 5.68. The number of nitrogens with zero attached hydrogens (tertiary/aromatic N) is 1. The Morgan fingerprint density at radius 3 is 2.09 bits per heavy atom. The molecule has 0 bridgehead atoms. The molecule has 2 nitrogen and oxygen atoms in total. The fraction of sp³-hybridized carbons (Fsp3) is 0.400. The molecule has 0 aliphatic heterocycles. The van der Waals surface area contributed by atoms with Crippen LogP contribution in [0.25, 0.3) is 0 Å². The number of hydrogen-bond donors (Lipinski definition) is 1. The Morgan fingerprint density at radius 2 is 1.45 bits per heavy atom. The third-order valence-corrected chi connectivity index (χ3v) is 3.96. The Kier molecular flexibility index (Phi) is 6.82. The molecule has 2 aromatic carbocycles. The maximum absolute atomic E-state index is 3.43. The van der Waals surface area contributed by atoms with Crippen LogP contribution in [-0.2, 0) is 0 Å². The quantitative estimate of drug-likeness (QED) is 0.585. The van der Waals surface area contributed by atoms with Crippen LogP contribution in [0.4, 0.5) is 17.1 Å². The standard InChI is InChI=1S/C20H28N2/c1-3-5-6-10-17-22(4-2)20-15-13-19(14-16-20)21-18-11-8-7-9-12-18/h7-9,11-16,21H,3-6,10,17H2,1-2H3. The molecule has 0 saturated carbocycles. The van der Waals surface area contributed by atoms with E-state index >= 15 is 0 Å². The minimum atomic E-state index is 1.07. The molecule has 0 saturated heterocycles. The van der Waals surface area contributed by atoms with Gasteiger partial charge in [0.1, 0.15) is 0 Å². The molecule has 0 fully saturated rings. The first-order valence-corrected chi connectivity index (χ1v) is 8.50. The minimum absolute atomic E-state index is 1.07. The van der Waals surface area contributed by atoms with Crippen LogP contribution in [-0.4, -0.2) is 13.1 Å². The summed E-state index contributed by atoms with van der Waals surface area (Å²) in [6.07, 6.45) is 5.26. The highest BCUT2D eigenvalue weighted by molar-refractivity contribution is 5.62. The molecule has 0 heterocycles. The van der Waals surface area contributed by atoms with Crippen molar-refractivity contribution in [1.82, 2.24) is 0 Å². The van der Waals surface area contributed by atoms with Crippen molar-refractivity contribution in [1.29, 1.82) is 0 Å². The van der Waals surface area contributed by atoms with Crippen LogP contribution < -0.4 is 10.2 Å². The number of benzene rings is 2. The molecular weight excluding hydrogens is 268 g/mol. The van der Waals surface area contributed by atoms with Crippen LogP contribution in [0.3, 0.4) is 0 Å². The average Bonchev–Trinajstić information content (AvgIpc) is 2.57. The molecule has 0 amide bonds. The SMILES string of the molecule is CCCCCCN(CC)c1ccc(Nc2ccccc2)cc1. The van der Waals surface area contributed by atoms with Crippen LogP contribution in [0.1, 0.15) is 39.5 Å². The lowest BCUT2D eigenvalue weighted by atomic mass is 10.2. The van der Waals surface area contributed by atoms with Gasteiger partial charge in [0.15, 0.2) is 0 Å². The molecule has 2 aromatic rings. The molecule has 118 valence electrons. The van der Waals surface area contributed by atoms with E-state index in [1.165, 1.54) is 31.4 Å². The van der Waals surface area contributed by atoms with Gasteiger partial charge in [-0.3, -0.25) is 0 Å². The first-order valence-electron chi connectivity index (χ1n) is 8.50. The normalized spacial score (nSPS) is 10.5. The van der Waals surface area contributed by atoms with E-state index in [4.69, 9.17) is 0 Å². The predicted octanol–water partition coefficient (Wildman–Crippen LogP) is 5.84. The van der Waals surface area contributed by atoms with Crippen molar-refractivity contribution in [3.63, 3.8) is 0 Å². The zero-order valence-electron chi connectivity index (χ0n) is 13.9. The van der Waals surface area contributed by atoms with Crippen LogP contribution in [0.2, 0.25) is 0 Å². The lowest BCUT2D eigenvalue weighted by molar-refractivity contribution is 0.649. The molecule has 0 spiro atoms. The molecule has 0 atom stereocenters. The summed E-state index contributed by atoms with van der Waals surface area (Å²) in [5.41, 5.74) is 3.58. The number of anilines is 3. The highest BCUT2D eigenvalue weighted by Crippen LogP contribution is 2.21. The fourth-order valence-electron chi connectivity index (χ4n) is 2.64. The number of unbranched alkanes of at least 4 members (excludes halogenated alkanes) is 3. The Morgan fingerprint density at radius 1 is 0.773 bits per heavy atom. The van der Waals surface area contributed by atoms with Gasteiger partial charge in [0.25, 0.3) is 0 Å². The van der Waals surface area contributed by atoms with E-state index in [2.05, 4.69) is 60.5 Å². The maximum Gasteiger partial charge on any atom is 0.0385 e. The Balaban J connectivity index is 1.91. The Bertz CT molecular complexity index is 519. The molecule has 0 aliphatic carbocycles. The van der Waals surface area contributed by atoms with Crippen molar-refractivity contribution in [2.45, 2.75) is 39.5 Å². The summed E-state index contributed by atoms with van der Waals surface area (Å²) in [5, 5.41) is 3.43. The predicted molar refractivity (Wildman–Crippen MR) is 98.2 cm³/mol. The first kappa shape index (κ1) is 16.4. The minimum Gasteiger partial charge on any atom is -0.372 e. The van der Waals surface area contributed by atoms with E-state index in [0.717, 1.165) is 24.5 Å². The van der Waals surface area contributed by atoms with Crippen molar-refractivity contribution in [2.75, 3.05) is 23.3 Å². The monoisotopic (exact) mass is 296 g/mol. The van der Waals surface area contributed by atoms with Crippen molar-refractivity contribution in [3.05, 3.63) is 54.6 Å². The third-order valence-electron chi connectivity index (χ3n) is 3.96. The smallest absolute Gasteiger partial charge is 0.0385 e. The third kappa shape index (κ3) is 5.10. The average molecular weight is 296 g/mol. The van der Waals surface area contributed by atoms with Gasteiger partial charge in [-0.25, -0.2) is 0 Å². The Labute approximate surface area is 135 Å². The topological polar surface area (TPSA) is 15.3 Å². The largest absolute Gasteiger partial charge is 0.372 e. The van der Waals surface area contributed by atoms with Crippen molar-refractivity contribution in [3.8, 4) is 0 Å². The van der Waals surface area contributed by atoms with Gasteiger partial charge in [0, 0.05) is 30.2 Å². The van der Waals surface area contributed by atoms with Crippen LogP contribution in [0.5, 0.6) is 0 Å². The van der Waals surface area contributed by atoms with Gasteiger partial charge in [-0.1, -0.05) is 44.4 Å². The molecule has 0 aliphatic rings. The number of para-hydroxylation sites is 1. The highest BCUT2D eigenvalue weighted by atomic mass is 15.1. The second kappa shape index (κ2) is 9.14. The summed E-state index contributed by atoms with van der Waals surface area (Å²) < 4.78 is 0. The highest BCUT2D eigenvalue weighted by Gasteiger charge is 2.04. The first-order chi connectivity index (χ1) is 10.8. The van der Waals surface area contributed by atoms with Crippen LogP contribution in [0, 0.1) is 0 Å². The van der Waals surface area contributed by atoms with Gasteiger partial charge < -0.3 is 10.2 Å². The molecule has 1 N–H and O–H groups in total. The van der Waals surface area contributed by atoms with Crippen LogP contribution in [0.15, 0.2) is 54.6 Å².